The molecule has 0 aliphatic rings. The Morgan fingerprint density at radius 1 is 1.20 bits per heavy atom. The number of thioether (sulfide) groups is 1. The molecule has 2 rings (SSSR count). The zero-order valence-electron chi connectivity index (χ0n) is 13.4. The fourth-order valence-corrected chi connectivity index (χ4v) is 2.29. The average molecular weight is 364 g/mol. The number of carbonyl (C=O) groups excluding carboxylic acids is 3. The van der Waals surface area contributed by atoms with E-state index in [0.29, 0.717) is 23.0 Å². The van der Waals surface area contributed by atoms with E-state index in [2.05, 4.69) is 21.0 Å². The monoisotopic (exact) mass is 364 g/mol. The molecule has 0 aliphatic heterocycles. The Morgan fingerprint density at radius 3 is 2.64 bits per heavy atom. The summed E-state index contributed by atoms with van der Waals surface area (Å²) >= 11 is 1.23. The van der Waals surface area contributed by atoms with Gasteiger partial charge in [-0.1, -0.05) is 23.4 Å². The van der Waals surface area contributed by atoms with Gasteiger partial charge in [-0.15, -0.1) is 11.8 Å². The second kappa shape index (κ2) is 9.42. The highest BCUT2D eigenvalue weighted by Crippen LogP contribution is 2.09. The van der Waals surface area contributed by atoms with Crippen molar-refractivity contribution in [3.05, 3.63) is 47.6 Å². The van der Waals surface area contributed by atoms with Gasteiger partial charge in [-0.25, -0.2) is 0 Å². The number of hydrogen-bond donors (Lipinski definition) is 2. The second-order valence-corrected chi connectivity index (χ2v) is 5.74. The van der Waals surface area contributed by atoms with Crippen LogP contribution in [0.5, 0.6) is 0 Å². The number of hydrogen-bond acceptors (Lipinski definition) is 8. The first-order chi connectivity index (χ1) is 12.0. The van der Waals surface area contributed by atoms with Crippen LogP contribution in [-0.4, -0.2) is 40.3 Å². The van der Waals surface area contributed by atoms with Gasteiger partial charge < -0.3 is 9.26 Å². The molecule has 0 radical (unpaired) electrons. The molecule has 2 aromatic rings. The predicted octanol–water partition coefficient (Wildman–Crippen LogP) is 0.616. The van der Waals surface area contributed by atoms with Gasteiger partial charge in [0.25, 0.3) is 11.8 Å². The fraction of sp³-hybridized carbons (Fsp3) is 0.267. The lowest BCUT2D eigenvalue weighted by molar-refractivity contribution is -0.146. The van der Waals surface area contributed by atoms with Gasteiger partial charge in [0.1, 0.15) is 0 Å². The highest BCUT2D eigenvalue weighted by molar-refractivity contribution is 7.99. The Kier molecular flexibility index (Phi) is 6.96. The highest BCUT2D eigenvalue weighted by atomic mass is 32.2. The molecule has 0 bridgehead atoms. The number of aryl methyl sites for hydroxylation is 1. The van der Waals surface area contributed by atoms with Crippen LogP contribution in [0.25, 0.3) is 0 Å². The first kappa shape index (κ1) is 18.5. The van der Waals surface area contributed by atoms with Crippen molar-refractivity contribution in [2.24, 2.45) is 0 Å². The molecular weight excluding hydrogens is 348 g/mol. The topological polar surface area (TPSA) is 123 Å². The standard InChI is InChI=1S/C15H16N4O5S/c1-10-16-12(19-24-10)8-25-9-14(21)23-7-13(20)17-18-15(22)11-5-3-2-4-6-11/h2-6H,7-9H2,1H3,(H,17,20)(H,18,22). The van der Waals surface area contributed by atoms with Crippen molar-refractivity contribution < 1.29 is 23.6 Å². The Bertz CT molecular complexity index is 735. The third-order valence-electron chi connectivity index (χ3n) is 2.74. The van der Waals surface area contributed by atoms with E-state index < -0.39 is 24.4 Å². The Hall–Kier alpha value is -2.88. The average Bonchev–Trinajstić information content (AvgIpc) is 3.03. The van der Waals surface area contributed by atoms with Crippen LogP contribution in [0.15, 0.2) is 34.9 Å². The van der Waals surface area contributed by atoms with E-state index in [1.165, 1.54) is 11.8 Å². The summed E-state index contributed by atoms with van der Waals surface area (Å²) < 4.78 is 9.60. The van der Waals surface area contributed by atoms with Crippen LogP contribution in [0.2, 0.25) is 0 Å². The van der Waals surface area contributed by atoms with Gasteiger partial charge in [0.05, 0.1) is 11.5 Å². The van der Waals surface area contributed by atoms with Crippen LogP contribution >= 0.6 is 11.8 Å². The fourth-order valence-electron chi connectivity index (χ4n) is 1.64. The Labute approximate surface area is 147 Å². The molecule has 0 saturated heterocycles. The van der Waals surface area contributed by atoms with Crippen LogP contribution in [0.4, 0.5) is 0 Å². The minimum Gasteiger partial charge on any atom is -0.455 e. The SMILES string of the molecule is Cc1nc(CSCC(=O)OCC(=O)NNC(=O)c2ccccc2)no1. The van der Waals surface area contributed by atoms with Crippen LogP contribution in [0.1, 0.15) is 22.1 Å². The minimum atomic E-state index is -0.642. The smallest absolute Gasteiger partial charge is 0.316 e. The van der Waals surface area contributed by atoms with Gasteiger partial charge in [0, 0.05) is 12.5 Å². The van der Waals surface area contributed by atoms with Crippen LogP contribution in [-0.2, 0) is 20.1 Å². The number of aromatic nitrogens is 2. The van der Waals surface area contributed by atoms with Crippen molar-refractivity contribution in [2.75, 3.05) is 12.4 Å². The summed E-state index contributed by atoms with van der Waals surface area (Å²) in [6.07, 6.45) is 0. The van der Waals surface area contributed by atoms with E-state index in [1.54, 1.807) is 37.3 Å². The zero-order valence-corrected chi connectivity index (χ0v) is 14.2. The lowest BCUT2D eigenvalue weighted by Gasteiger charge is -2.08. The number of esters is 1. The molecule has 0 spiro atoms. The summed E-state index contributed by atoms with van der Waals surface area (Å²) in [5.74, 6) is -0.301. The third-order valence-corrected chi connectivity index (χ3v) is 3.64. The number of ether oxygens (including phenoxy) is 1. The van der Waals surface area contributed by atoms with Gasteiger partial charge >= 0.3 is 5.97 Å². The maximum Gasteiger partial charge on any atom is 0.316 e. The molecule has 0 saturated carbocycles. The van der Waals surface area contributed by atoms with Crippen molar-refractivity contribution in [2.45, 2.75) is 12.7 Å². The molecule has 0 fully saturated rings. The van der Waals surface area contributed by atoms with Gasteiger partial charge in [0.2, 0.25) is 5.89 Å². The van der Waals surface area contributed by atoms with Crippen molar-refractivity contribution in [1.29, 1.82) is 0 Å². The number of hydrazine groups is 1. The molecule has 9 nitrogen and oxygen atoms in total. The van der Waals surface area contributed by atoms with E-state index in [1.807, 2.05) is 0 Å². The van der Waals surface area contributed by atoms with Crippen molar-refractivity contribution in [3.8, 4) is 0 Å². The molecule has 0 aliphatic carbocycles. The predicted molar refractivity (Wildman–Crippen MR) is 88.2 cm³/mol. The molecule has 1 aromatic heterocycles. The van der Waals surface area contributed by atoms with E-state index >= 15 is 0 Å². The van der Waals surface area contributed by atoms with Crippen LogP contribution in [0, 0.1) is 6.92 Å². The number of nitrogens with one attached hydrogen (secondary N) is 2. The van der Waals surface area contributed by atoms with E-state index in [-0.39, 0.29) is 5.75 Å². The molecule has 0 atom stereocenters. The zero-order chi connectivity index (χ0) is 18.1. The molecule has 25 heavy (non-hydrogen) atoms. The number of nitrogens with zero attached hydrogens (tertiary/aromatic N) is 2. The summed E-state index contributed by atoms with van der Waals surface area (Å²) in [7, 11) is 0. The number of amides is 2. The molecule has 2 N–H and O–H groups in total. The lowest BCUT2D eigenvalue weighted by atomic mass is 10.2. The van der Waals surface area contributed by atoms with Crippen LogP contribution in [0.3, 0.4) is 0 Å². The summed E-state index contributed by atoms with van der Waals surface area (Å²) in [5, 5.41) is 3.69. The van der Waals surface area contributed by atoms with E-state index in [9.17, 15) is 14.4 Å². The van der Waals surface area contributed by atoms with Crippen molar-refractivity contribution >= 4 is 29.5 Å². The molecule has 132 valence electrons. The normalized spacial score (nSPS) is 10.1. The van der Waals surface area contributed by atoms with E-state index in [0.717, 1.165) is 0 Å². The van der Waals surface area contributed by atoms with Crippen molar-refractivity contribution in [1.82, 2.24) is 21.0 Å². The number of rotatable bonds is 7. The second-order valence-electron chi connectivity index (χ2n) is 4.75. The minimum absolute atomic E-state index is 0.0389. The summed E-state index contributed by atoms with van der Waals surface area (Å²) in [6, 6.07) is 8.37. The first-order valence-electron chi connectivity index (χ1n) is 7.21. The third kappa shape index (κ3) is 6.63. The van der Waals surface area contributed by atoms with Crippen LogP contribution < -0.4 is 10.9 Å². The summed E-state index contributed by atoms with van der Waals surface area (Å²) in [5.41, 5.74) is 4.79. The Morgan fingerprint density at radius 2 is 1.96 bits per heavy atom. The molecule has 1 aromatic carbocycles. The lowest BCUT2D eigenvalue weighted by Crippen LogP contribution is -2.43. The molecular formula is C15H16N4O5S. The molecule has 2 amide bonds. The molecule has 1 heterocycles. The first-order valence-corrected chi connectivity index (χ1v) is 8.37. The Balaban J connectivity index is 1.59. The molecule has 0 unspecified atom stereocenters. The number of carbonyl (C=O) groups is 3. The molecule has 10 heteroatoms. The van der Waals surface area contributed by atoms with Gasteiger partial charge in [-0.3, -0.25) is 25.2 Å². The summed E-state index contributed by atoms with van der Waals surface area (Å²) in [6.45, 7) is 1.18. The van der Waals surface area contributed by atoms with Gasteiger partial charge in [-0.05, 0) is 12.1 Å². The van der Waals surface area contributed by atoms with E-state index in [4.69, 9.17) is 9.26 Å². The largest absolute Gasteiger partial charge is 0.455 e. The maximum atomic E-state index is 11.7. The summed E-state index contributed by atoms with van der Waals surface area (Å²) in [4.78, 5) is 38.8. The maximum absolute atomic E-state index is 11.7. The van der Waals surface area contributed by atoms with Gasteiger partial charge in [0.15, 0.2) is 12.4 Å². The number of benzene rings is 1. The quantitative estimate of drug-likeness (QED) is 0.541. The van der Waals surface area contributed by atoms with Crippen molar-refractivity contribution in [3.63, 3.8) is 0 Å². The van der Waals surface area contributed by atoms with Gasteiger partial charge in [-0.2, -0.15) is 4.98 Å². The highest BCUT2D eigenvalue weighted by Gasteiger charge is 2.11.